The van der Waals surface area contributed by atoms with Gasteiger partial charge in [0.15, 0.2) is 6.29 Å². The van der Waals surface area contributed by atoms with Crippen molar-refractivity contribution in [3.8, 4) is 0 Å². The molecule has 0 unspecified atom stereocenters. The standard InChI is InChI=1S/C9H8O3/c1-7-2-3-9(12-7)8(6-11)4-5-10/h2-6H,1H3/b8-4+. The first-order valence-electron chi connectivity index (χ1n) is 3.45. The van der Waals surface area contributed by atoms with E-state index in [1.54, 1.807) is 19.1 Å². The van der Waals surface area contributed by atoms with E-state index in [1.807, 2.05) is 0 Å². The third kappa shape index (κ3) is 1.69. The fraction of sp³-hybridized carbons (Fsp3) is 0.111. The number of hydrogen-bond donors (Lipinski definition) is 0. The molecule has 0 aliphatic carbocycles. The number of allylic oxidation sites excluding steroid dienone is 2. The van der Waals surface area contributed by atoms with Gasteiger partial charge in [-0.2, -0.15) is 0 Å². The van der Waals surface area contributed by atoms with Crippen molar-refractivity contribution < 1.29 is 14.0 Å². The van der Waals surface area contributed by atoms with E-state index in [0.717, 1.165) is 0 Å². The Kier molecular flexibility index (Phi) is 2.58. The average Bonchev–Trinajstić information content (AvgIpc) is 2.47. The number of furan rings is 1. The van der Waals surface area contributed by atoms with Crippen molar-refractivity contribution >= 4 is 18.1 Å². The molecule has 0 atom stereocenters. The lowest BCUT2D eigenvalue weighted by Crippen LogP contribution is -1.82. The lowest BCUT2D eigenvalue weighted by atomic mass is 10.2. The summed E-state index contributed by atoms with van der Waals surface area (Å²) in [5, 5.41) is 0. The lowest BCUT2D eigenvalue weighted by Gasteiger charge is -1.90. The number of rotatable bonds is 3. The van der Waals surface area contributed by atoms with Gasteiger partial charge < -0.3 is 4.42 Å². The van der Waals surface area contributed by atoms with E-state index in [9.17, 15) is 9.59 Å². The molecule has 0 radical (unpaired) electrons. The summed E-state index contributed by atoms with van der Waals surface area (Å²) in [7, 11) is 0. The SMILES string of the molecule is Cc1ccc(/C(C=O)=C/C=O)o1. The van der Waals surface area contributed by atoms with Crippen molar-refractivity contribution in [3.05, 3.63) is 29.7 Å². The van der Waals surface area contributed by atoms with Crippen LogP contribution in [-0.2, 0) is 9.59 Å². The van der Waals surface area contributed by atoms with Gasteiger partial charge in [0.25, 0.3) is 0 Å². The van der Waals surface area contributed by atoms with E-state index in [0.29, 0.717) is 24.1 Å². The first kappa shape index (κ1) is 8.46. The second-order valence-electron chi connectivity index (χ2n) is 2.29. The highest BCUT2D eigenvalue weighted by Crippen LogP contribution is 2.14. The molecule has 1 heterocycles. The molecule has 0 aliphatic heterocycles. The van der Waals surface area contributed by atoms with Crippen LogP contribution >= 0.6 is 0 Å². The topological polar surface area (TPSA) is 47.3 Å². The van der Waals surface area contributed by atoms with Gasteiger partial charge in [0.1, 0.15) is 17.8 Å². The van der Waals surface area contributed by atoms with Gasteiger partial charge in [0, 0.05) is 0 Å². The van der Waals surface area contributed by atoms with Crippen LogP contribution in [0.2, 0.25) is 0 Å². The minimum Gasteiger partial charge on any atom is -0.461 e. The molecule has 12 heavy (non-hydrogen) atoms. The molecule has 0 aromatic carbocycles. The van der Waals surface area contributed by atoms with Gasteiger partial charge in [-0.25, -0.2) is 0 Å². The predicted octanol–water partition coefficient (Wildman–Crippen LogP) is 1.37. The van der Waals surface area contributed by atoms with Crippen molar-refractivity contribution in [2.45, 2.75) is 6.92 Å². The van der Waals surface area contributed by atoms with E-state index in [2.05, 4.69) is 0 Å². The first-order valence-corrected chi connectivity index (χ1v) is 3.45. The molecule has 0 aliphatic rings. The zero-order chi connectivity index (χ0) is 8.97. The Morgan fingerprint density at radius 1 is 1.42 bits per heavy atom. The Morgan fingerprint density at radius 2 is 2.17 bits per heavy atom. The molecular formula is C9H8O3. The van der Waals surface area contributed by atoms with Crippen LogP contribution in [0, 0.1) is 6.92 Å². The van der Waals surface area contributed by atoms with Gasteiger partial charge in [0.05, 0.1) is 5.57 Å². The smallest absolute Gasteiger partial charge is 0.153 e. The average molecular weight is 164 g/mol. The molecule has 0 amide bonds. The summed E-state index contributed by atoms with van der Waals surface area (Å²) < 4.78 is 5.13. The fourth-order valence-electron chi connectivity index (χ4n) is 0.842. The highest BCUT2D eigenvalue weighted by Gasteiger charge is 2.03. The monoisotopic (exact) mass is 164 g/mol. The Labute approximate surface area is 69.7 Å². The van der Waals surface area contributed by atoms with Crippen molar-refractivity contribution in [2.24, 2.45) is 0 Å². The zero-order valence-electron chi connectivity index (χ0n) is 6.61. The van der Waals surface area contributed by atoms with Crippen molar-refractivity contribution in [1.82, 2.24) is 0 Å². The van der Waals surface area contributed by atoms with E-state index < -0.39 is 0 Å². The van der Waals surface area contributed by atoms with Crippen LogP contribution in [0.4, 0.5) is 0 Å². The Bertz CT molecular complexity index is 320. The molecule has 0 saturated heterocycles. The van der Waals surface area contributed by atoms with Crippen molar-refractivity contribution in [2.75, 3.05) is 0 Å². The Balaban J connectivity index is 3.02. The van der Waals surface area contributed by atoms with Crippen LogP contribution in [0.15, 0.2) is 22.6 Å². The summed E-state index contributed by atoms with van der Waals surface area (Å²) in [5.74, 6) is 1.14. The predicted molar refractivity (Wildman–Crippen MR) is 43.6 cm³/mol. The number of aldehydes is 2. The van der Waals surface area contributed by atoms with Gasteiger partial charge in [-0.1, -0.05) is 0 Å². The largest absolute Gasteiger partial charge is 0.461 e. The van der Waals surface area contributed by atoms with Crippen LogP contribution in [0.1, 0.15) is 11.5 Å². The summed E-state index contributed by atoms with van der Waals surface area (Å²) in [6, 6.07) is 3.39. The summed E-state index contributed by atoms with van der Waals surface area (Å²) in [4.78, 5) is 20.5. The molecule has 1 aromatic rings. The van der Waals surface area contributed by atoms with Crippen LogP contribution in [-0.4, -0.2) is 12.6 Å². The molecule has 0 N–H and O–H groups in total. The molecular weight excluding hydrogens is 156 g/mol. The molecule has 3 heteroatoms. The molecule has 62 valence electrons. The highest BCUT2D eigenvalue weighted by molar-refractivity contribution is 6.09. The molecule has 3 nitrogen and oxygen atoms in total. The Hall–Kier alpha value is -1.64. The minimum absolute atomic E-state index is 0.262. The van der Waals surface area contributed by atoms with E-state index >= 15 is 0 Å². The third-order valence-electron chi connectivity index (χ3n) is 1.40. The number of hydrogen-bond acceptors (Lipinski definition) is 3. The first-order chi connectivity index (χ1) is 5.77. The maximum Gasteiger partial charge on any atom is 0.153 e. The minimum atomic E-state index is 0.262. The summed E-state index contributed by atoms with van der Waals surface area (Å²) in [6.07, 6.45) is 2.32. The second-order valence-corrected chi connectivity index (χ2v) is 2.29. The number of carbonyl (C=O) groups is 2. The second kappa shape index (κ2) is 3.67. The van der Waals surface area contributed by atoms with Gasteiger partial charge in [-0.05, 0) is 25.1 Å². The number of aryl methyl sites for hydroxylation is 1. The van der Waals surface area contributed by atoms with Gasteiger partial charge in [-0.15, -0.1) is 0 Å². The Morgan fingerprint density at radius 3 is 2.58 bits per heavy atom. The third-order valence-corrected chi connectivity index (χ3v) is 1.40. The zero-order valence-corrected chi connectivity index (χ0v) is 6.61. The number of carbonyl (C=O) groups excluding carboxylic acids is 2. The summed E-state index contributed by atoms with van der Waals surface area (Å²) in [5.41, 5.74) is 0.262. The molecule has 1 aromatic heterocycles. The van der Waals surface area contributed by atoms with Gasteiger partial charge >= 0.3 is 0 Å². The quantitative estimate of drug-likeness (QED) is 0.500. The van der Waals surface area contributed by atoms with E-state index in [-0.39, 0.29) is 5.57 Å². The van der Waals surface area contributed by atoms with Crippen LogP contribution in [0.25, 0.3) is 5.57 Å². The van der Waals surface area contributed by atoms with E-state index in [1.165, 1.54) is 6.08 Å². The van der Waals surface area contributed by atoms with E-state index in [4.69, 9.17) is 4.42 Å². The molecule has 1 rings (SSSR count). The molecule has 0 saturated carbocycles. The van der Waals surface area contributed by atoms with Gasteiger partial charge in [0.2, 0.25) is 0 Å². The van der Waals surface area contributed by atoms with Crippen LogP contribution in [0.3, 0.4) is 0 Å². The molecule has 0 bridgehead atoms. The highest BCUT2D eigenvalue weighted by atomic mass is 16.3. The normalized spacial score (nSPS) is 11.2. The summed E-state index contributed by atoms with van der Waals surface area (Å²) >= 11 is 0. The molecule has 0 fully saturated rings. The van der Waals surface area contributed by atoms with Crippen LogP contribution < -0.4 is 0 Å². The molecule has 0 spiro atoms. The maximum atomic E-state index is 10.4. The van der Waals surface area contributed by atoms with Crippen molar-refractivity contribution in [1.29, 1.82) is 0 Å². The summed E-state index contributed by atoms with van der Waals surface area (Å²) in [6.45, 7) is 1.77. The van der Waals surface area contributed by atoms with Crippen molar-refractivity contribution in [3.63, 3.8) is 0 Å². The van der Waals surface area contributed by atoms with Crippen LogP contribution in [0.5, 0.6) is 0 Å². The fourth-order valence-corrected chi connectivity index (χ4v) is 0.842. The van der Waals surface area contributed by atoms with Gasteiger partial charge in [-0.3, -0.25) is 9.59 Å². The maximum absolute atomic E-state index is 10.4. The lowest BCUT2D eigenvalue weighted by molar-refractivity contribution is -0.105.